The highest BCUT2D eigenvalue weighted by molar-refractivity contribution is 7.15. The minimum absolute atomic E-state index is 0.0450. The summed E-state index contributed by atoms with van der Waals surface area (Å²) >= 11 is 1.46. The number of aryl methyl sites for hydroxylation is 2. The summed E-state index contributed by atoms with van der Waals surface area (Å²) in [6.07, 6.45) is 8.03. The minimum atomic E-state index is -0.193. The SMILES string of the molecule is CCCCCCCC(=O)N(CC(=O)Nc1nc(C)c(C)s1)CC1CCCO1. The van der Waals surface area contributed by atoms with Crippen LogP contribution in [0.15, 0.2) is 0 Å². The fraction of sp³-hybridized carbons (Fsp3) is 0.750. The fourth-order valence-corrected chi connectivity index (χ4v) is 4.02. The second-order valence-electron chi connectivity index (χ2n) is 7.28. The van der Waals surface area contributed by atoms with E-state index < -0.39 is 0 Å². The molecule has 1 aromatic heterocycles. The van der Waals surface area contributed by atoms with Crippen LogP contribution in [0.3, 0.4) is 0 Å². The average molecular weight is 396 g/mol. The topological polar surface area (TPSA) is 71.5 Å². The minimum Gasteiger partial charge on any atom is -0.376 e. The first-order valence-corrected chi connectivity index (χ1v) is 10.9. The fourth-order valence-electron chi connectivity index (χ4n) is 3.18. The molecule has 1 N–H and O–H groups in total. The van der Waals surface area contributed by atoms with Crippen LogP contribution in [0.1, 0.15) is 68.9 Å². The molecule has 152 valence electrons. The molecule has 1 aliphatic heterocycles. The van der Waals surface area contributed by atoms with Gasteiger partial charge in [0.1, 0.15) is 6.54 Å². The van der Waals surface area contributed by atoms with Crippen LogP contribution >= 0.6 is 11.3 Å². The average Bonchev–Trinajstić information content (AvgIpc) is 3.24. The van der Waals surface area contributed by atoms with Crippen LogP contribution in [0.25, 0.3) is 0 Å². The number of aromatic nitrogens is 1. The van der Waals surface area contributed by atoms with Crippen molar-refractivity contribution in [1.29, 1.82) is 0 Å². The first-order valence-electron chi connectivity index (χ1n) is 10.1. The number of rotatable bonds is 11. The Bertz CT molecular complexity index is 592. The molecule has 6 nitrogen and oxygen atoms in total. The zero-order chi connectivity index (χ0) is 19.6. The molecule has 27 heavy (non-hydrogen) atoms. The second kappa shape index (κ2) is 11.4. The third kappa shape index (κ3) is 7.58. The number of unbranched alkanes of at least 4 members (excludes halogenated alkanes) is 4. The summed E-state index contributed by atoms with van der Waals surface area (Å²) in [5.74, 6) is -0.148. The molecule has 1 aromatic rings. The number of carbonyl (C=O) groups excluding carboxylic acids is 2. The molecule has 0 aromatic carbocycles. The molecule has 0 aliphatic carbocycles. The van der Waals surface area contributed by atoms with Crippen LogP contribution in [0.5, 0.6) is 0 Å². The van der Waals surface area contributed by atoms with Crippen molar-refractivity contribution in [2.75, 3.05) is 25.0 Å². The molecule has 1 fully saturated rings. The molecule has 1 aliphatic rings. The van der Waals surface area contributed by atoms with E-state index in [2.05, 4.69) is 17.2 Å². The molecule has 0 bridgehead atoms. The molecule has 1 atom stereocenters. The Balaban J connectivity index is 1.87. The van der Waals surface area contributed by atoms with Gasteiger partial charge in [-0.05, 0) is 33.1 Å². The summed E-state index contributed by atoms with van der Waals surface area (Å²) in [6.45, 7) is 7.39. The molecule has 1 unspecified atom stereocenters. The van der Waals surface area contributed by atoms with Crippen LogP contribution in [-0.4, -0.2) is 47.5 Å². The number of nitrogens with one attached hydrogen (secondary N) is 1. The summed E-state index contributed by atoms with van der Waals surface area (Å²) in [7, 11) is 0. The standard InChI is InChI=1S/C20H33N3O3S/c1-4-5-6-7-8-11-19(25)23(13-17-10-9-12-26-17)14-18(24)22-20-21-15(2)16(3)27-20/h17H,4-14H2,1-3H3,(H,21,22,24). The van der Waals surface area contributed by atoms with E-state index in [1.54, 1.807) is 4.90 Å². The van der Waals surface area contributed by atoms with E-state index in [1.807, 2.05) is 13.8 Å². The van der Waals surface area contributed by atoms with Crippen molar-refractivity contribution >= 4 is 28.3 Å². The van der Waals surface area contributed by atoms with Gasteiger partial charge in [0.25, 0.3) is 0 Å². The van der Waals surface area contributed by atoms with Gasteiger partial charge in [-0.3, -0.25) is 9.59 Å². The molecule has 1 saturated heterocycles. The zero-order valence-electron chi connectivity index (χ0n) is 16.9. The maximum atomic E-state index is 12.7. The van der Waals surface area contributed by atoms with Gasteiger partial charge in [-0.2, -0.15) is 0 Å². The zero-order valence-corrected chi connectivity index (χ0v) is 17.7. The van der Waals surface area contributed by atoms with Gasteiger partial charge in [-0.1, -0.05) is 32.6 Å². The Morgan fingerprint density at radius 3 is 2.67 bits per heavy atom. The Hall–Kier alpha value is -1.47. The van der Waals surface area contributed by atoms with Crippen molar-refractivity contribution in [2.24, 2.45) is 0 Å². The molecule has 0 saturated carbocycles. The van der Waals surface area contributed by atoms with E-state index in [1.165, 1.54) is 30.6 Å². The van der Waals surface area contributed by atoms with Crippen molar-refractivity contribution in [1.82, 2.24) is 9.88 Å². The van der Waals surface area contributed by atoms with Crippen molar-refractivity contribution < 1.29 is 14.3 Å². The van der Waals surface area contributed by atoms with E-state index >= 15 is 0 Å². The van der Waals surface area contributed by atoms with Crippen LogP contribution < -0.4 is 5.32 Å². The van der Waals surface area contributed by atoms with Crippen molar-refractivity contribution in [3.63, 3.8) is 0 Å². The monoisotopic (exact) mass is 395 g/mol. The van der Waals surface area contributed by atoms with E-state index in [0.29, 0.717) is 18.1 Å². The number of thiazole rings is 1. The van der Waals surface area contributed by atoms with E-state index in [4.69, 9.17) is 4.74 Å². The summed E-state index contributed by atoms with van der Waals surface area (Å²) in [5, 5.41) is 3.43. The first kappa shape index (κ1) is 21.8. The van der Waals surface area contributed by atoms with Crippen LogP contribution in [-0.2, 0) is 14.3 Å². The van der Waals surface area contributed by atoms with Gasteiger partial charge in [0, 0.05) is 24.4 Å². The number of amides is 2. The number of ether oxygens (including phenoxy) is 1. The number of anilines is 1. The van der Waals surface area contributed by atoms with E-state index in [9.17, 15) is 9.59 Å². The predicted octanol–water partition coefficient (Wildman–Crippen LogP) is 4.07. The van der Waals surface area contributed by atoms with Crippen LogP contribution in [0, 0.1) is 13.8 Å². The van der Waals surface area contributed by atoms with Crippen molar-refractivity contribution in [3.8, 4) is 0 Å². The van der Waals surface area contributed by atoms with Gasteiger partial charge in [0.2, 0.25) is 11.8 Å². The third-order valence-corrected chi connectivity index (χ3v) is 5.89. The van der Waals surface area contributed by atoms with Gasteiger partial charge in [-0.15, -0.1) is 11.3 Å². The third-order valence-electron chi connectivity index (χ3n) is 4.90. The van der Waals surface area contributed by atoms with Crippen molar-refractivity contribution in [3.05, 3.63) is 10.6 Å². The summed E-state index contributed by atoms with van der Waals surface area (Å²) < 4.78 is 5.67. The molecule has 2 rings (SSSR count). The number of carbonyl (C=O) groups is 2. The smallest absolute Gasteiger partial charge is 0.245 e. The Morgan fingerprint density at radius 2 is 2.04 bits per heavy atom. The highest BCUT2D eigenvalue weighted by atomic mass is 32.1. The summed E-state index contributed by atoms with van der Waals surface area (Å²) in [5.41, 5.74) is 0.926. The number of hydrogen-bond acceptors (Lipinski definition) is 5. The molecule has 2 heterocycles. The van der Waals surface area contributed by atoms with E-state index in [0.717, 1.165) is 42.9 Å². The van der Waals surface area contributed by atoms with Crippen LogP contribution in [0.2, 0.25) is 0 Å². The highest BCUT2D eigenvalue weighted by Crippen LogP contribution is 2.21. The lowest BCUT2D eigenvalue weighted by atomic mass is 10.1. The Morgan fingerprint density at radius 1 is 1.26 bits per heavy atom. The largest absolute Gasteiger partial charge is 0.376 e. The molecule has 2 amide bonds. The first-order chi connectivity index (χ1) is 13.0. The van der Waals surface area contributed by atoms with Gasteiger partial charge in [-0.25, -0.2) is 4.98 Å². The van der Waals surface area contributed by atoms with Crippen molar-refractivity contribution in [2.45, 2.75) is 78.2 Å². The lowest BCUT2D eigenvalue weighted by molar-refractivity contribution is -0.136. The second-order valence-corrected chi connectivity index (χ2v) is 8.49. The Labute approximate surface area is 166 Å². The molecule has 0 spiro atoms. The molecule has 7 heteroatoms. The number of hydrogen-bond donors (Lipinski definition) is 1. The van der Waals surface area contributed by atoms with Gasteiger partial charge in [0.05, 0.1) is 11.8 Å². The molecular formula is C20H33N3O3S. The molecular weight excluding hydrogens is 362 g/mol. The lowest BCUT2D eigenvalue weighted by Crippen LogP contribution is -2.42. The maximum Gasteiger partial charge on any atom is 0.245 e. The van der Waals surface area contributed by atoms with E-state index in [-0.39, 0.29) is 24.5 Å². The Kier molecular flexibility index (Phi) is 9.21. The van der Waals surface area contributed by atoms with Crippen LogP contribution in [0.4, 0.5) is 5.13 Å². The molecule has 0 radical (unpaired) electrons. The van der Waals surface area contributed by atoms with Gasteiger partial charge >= 0.3 is 0 Å². The lowest BCUT2D eigenvalue weighted by Gasteiger charge is -2.25. The maximum absolute atomic E-state index is 12.7. The normalized spacial score (nSPS) is 16.5. The van der Waals surface area contributed by atoms with Gasteiger partial charge in [0.15, 0.2) is 5.13 Å². The predicted molar refractivity (Wildman–Crippen MR) is 109 cm³/mol. The quantitative estimate of drug-likeness (QED) is 0.573. The number of nitrogens with zero attached hydrogens (tertiary/aromatic N) is 2. The summed E-state index contributed by atoms with van der Waals surface area (Å²) in [4.78, 5) is 32.2. The highest BCUT2D eigenvalue weighted by Gasteiger charge is 2.24. The van der Waals surface area contributed by atoms with Gasteiger partial charge < -0.3 is 15.0 Å². The summed E-state index contributed by atoms with van der Waals surface area (Å²) in [6, 6.07) is 0.